The molecular formula is C11H13BrF3NO. The van der Waals surface area contributed by atoms with Crippen molar-refractivity contribution < 1.29 is 18.0 Å². The molecule has 0 bridgehead atoms. The Morgan fingerprint density at radius 1 is 1.29 bits per heavy atom. The van der Waals surface area contributed by atoms with E-state index in [1.54, 1.807) is 6.92 Å². The zero-order chi connectivity index (χ0) is 12.9. The van der Waals surface area contributed by atoms with Crippen molar-refractivity contribution in [2.24, 2.45) is 0 Å². The van der Waals surface area contributed by atoms with Crippen molar-refractivity contribution >= 4 is 15.9 Å². The van der Waals surface area contributed by atoms with Crippen LogP contribution in [0.1, 0.15) is 12.5 Å². The number of rotatable bonds is 5. The highest BCUT2D eigenvalue weighted by Gasteiger charge is 2.27. The molecule has 0 aromatic heterocycles. The Balaban J connectivity index is 2.30. The molecule has 1 atom stereocenters. The number of alkyl halides is 3. The summed E-state index contributed by atoms with van der Waals surface area (Å²) in [6, 6.07) is 7.41. The van der Waals surface area contributed by atoms with Gasteiger partial charge < -0.3 is 0 Å². The van der Waals surface area contributed by atoms with Crippen LogP contribution in [0.2, 0.25) is 0 Å². The van der Waals surface area contributed by atoms with Gasteiger partial charge in [0.2, 0.25) is 0 Å². The van der Waals surface area contributed by atoms with Crippen molar-refractivity contribution in [1.29, 1.82) is 0 Å². The van der Waals surface area contributed by atoms with Crippen LogP contribution in [-0.4, -0.2) is 18.8 Å². The molecule has 0 saturated heterocycles. The van der Waals surface area contributed by atoms with Gasteiger partial charge in [-0.1, -0.05) is 28.1 Å². The van der Waals surface area contributed by atoms with Crippen molar-refractivity contribution in [2.45, 2.75) is 25.6 Å². The van der Waals surface area contributed by atoms with Gasteiger partial charge in [0.05, 0.1) is 0 Å². The summed E-state index contributed by atoms with van der Waals surface area (Å²) >= 11 is 3.31. The number of hydroxylamine groups is 1. The van der Waals surface area contributed by atoms with E-state index in [-0.39, 0.29) is 6.04 Å². The lowest BCUT2D eigenvalue weighted by Gasteiger charge is -2.14. The molecule has 1 N–H and O–H groups in total. The van der Waals surface area contributed by atoms with Gasteiger partial charge in [-0.05, 0) is 31.0 Å². The van der Waals surface area contributed by atoms with Gasteiger partial charge in [0.15, 0.2) is 6.61 Å². The molecule has 0 fully saturated rings. The number of halogens is 4. The second-order valence-electron chi connectivity index (χ2n) is 3.75. The predicted molar refractivity (Wildman–Crippen MR) is 62.5 cm³/mol. The molecule has 6 heteroatoms. The molecule has 17 heavy (non-hydrogen) atoms. The summed E-state index contributed by atoms with van der Waals surface area (Å²) in [6.45, 7) is 0.482. The van der Waals surface area contributed by atoms with Crippen molar-refractivity contribution in [1.82, 2.24) is 5.48 Å². The molecule has 0 aliphatic heterocycles. The highest BCUT2D eigenvalue weighted by molar-refractivity contribution is 9.10. The van der Waals surface area contributed by atoms with Crippen molar-refractivity contribution in [2.75, 3.05) is 6.61 Å². The van der Waals surface area contributed by atoms with Gasteiger partial charge in [-0.15, -0.1) is 0 Å². The summed E-state index contributed by atoms with van der Waals surface area (Å²) in [5.74, 6) is 0. The topological polar surface area (TPSA) is 21.3 Å². The van der Waals surface area contributed by atoms with Crippen molar-refractivity contribution in [3.05, 3.63) is 34.3 Å². The number of benzene rings is 1. The van der Waals surface area contributed by atoms with Gasteiger partial charge in [0.1, 0.15) is 0 Å². The summed E-state index contributed by atoms with van der Waals surface area (Å²) in [7, 11) is 0. The first-order valence-electron chi connectivity index (χ1n) is 5.05. The van der Waals surface area contributed by atoms with E-state index in [0.29, 0.717) is 6.42 Å². The van der Waals surface area contributed by atoms with Gasteiger partial charge in [-0.3, -0.25) is 4.84 Å². The van der Waals surface area contributed by atoms with Gasteiger partial charge in [-0.25, -0.2) is 0 Å². The van der Waals surface area contributed by atoms with E-state index in [1.165, 1.54) is 0 Å². The van der Waals surface area contributed by atoms with Crippen LogP contribution in [0.3, 0.4) is 0 Å². The maximum atomic E-state index is 11.8. The number of nitrogens with one attached hydrogen (secondary N) is 1. The van der Waals surface area contributed by atoms with E-state index in [9.17, 15) is 13.2 Å². The minimum atomic E-state index is -4.30. The smallest absolute Gasteiger partial charge is 0.292 e. The molecule has 1 unspecified atom stereocenters. The molecule has 96 valence electrons. The summed E-state index contributed by atoms with van der Waals surface area (Å²) in [6.07, 6.45) is -3.70. The molecule has 1 rings (SSSR count). The van der Waals surface area contributed by atoms with Gasteiger partial charge in [0, 0.05) is 10.5 Å². The fourth-order valence-corrected chi connectivity index (χ4v) is 1.55. The Labute approximate surface area is 106 Å². The van der Waals surface area contributed by atoms with Crippen LogP contribution >= 0.6 is 15.9 Å². The SMILES string of the molecule is CC(Cc1ccc(Br)cc1)NOCC(F)(F)F. The quantitative estimate of drug-likeness (QED) is 0.841. The second kappa shape index (κ2) is 6.37. The molecular weight excluding hydrogens is 299 g/mol. The van der Waals surface area contributed by atoms with Crippen molar-refractivity contribution in [3.63, 3.8) is 0 Å². The highest BCUT2D eigenvalue weighted by Crippen LogP contribution is 2.14. The first-order valence-corrected chi connectivity index (χ1v) is 5.84. The van der Waals surface area contributed by atoms with Gasteiger partial charge in [0.25, 0.3) is 0 Å². The lowest BCUT2D eigenvalue weighted by atomic mass is 10.1. The molecule has 0 aliphatic rings. The normalized spacial score (nSPS) is 13.7. The highest BCUT2D eigenvalue weighted by atomic mass is 79.9. The van der Waals surface area contributed by atoms with Gasteiger partial charge >= 0.3 is 6.18 Å². The lowest BCUT2D eigenvalue weighted by Crippen LogP contribution is -2.32. The largest absolute Gasteiger partial charge is 0.413 e. The number of hydrogen-bond acceptors (Lipinski definition) is 2. The van der Waals surface area contributed by atoms with Crippen LogP contribution in [0, 0.1) is 0 Å². The zero-order valence-electron chi connectivity index (χ0n) is 9.22. The molecule has 2 nitrogen and oxygen atoms in total. The Hall–Kier alpha value is -0.590. The molecule has 0 spiro atoms. The Kier molecular flexibility index (Phi) is 5.42. The molecule has 1 aromatic rings. The summed E-state index contributed by atoms with van der Waals surface area (Å²) in [4.78, 5) is 4.37. The Morgan fingerprint density at radius 3 is 2.41 bits per heavy atom. The minimum Gasteiger partial charge on any atom is -0.292 e. The third-order valence-electron chi connectivity index (χ3n) is 1.98. The Morgan fingerprint density at radius 2 is 1.88 bits per heavy atom. The number of hydrogen-bond donors (Lipinski definition) is 1. The average Bonchev–Trinajstić information content (AvgIpc) is 2.19. The fraction of sp³-hybridized carbons (Fsp3) is 0.455. The monoisotopic (exact) mass is 311 g/mol. The predicted octanol–water partition coefficient (Wildman–Crippen LogP) is 3.46. The standard InChI is InChI=1S/C11H13BrF3NO/c1-8(16-17-7-11(13,14)15)6-9-2-4-10(12)5-3-9/h2-5,8,16H,6-7H2,1H3. The molecule has 0 saturated carbocycles. The Bertz CT molecular complexity index is 340. The van der Waals surface area contributed by atoms with Crippen LogP contribution in [0.5, 0.6) is 0 Å². The molecule has 1 aromatic carbocycles. The summed E-state index contributed by atoms with van der Waals surface area (Å²) in [5, 5.41) is 0. The van der Waals surface area contributed by atoms with Crippen molar-refractivity contribution in [3.8, 4) is 0 Å². The van der Waals surface area contributed by atoms with E-state index in [4.69, 9.17) is 0 Å². The summed E-state index contributed by atoms with van der Waals surface area (Å²) in [5.41, 5.74) is 3.40. The third-order valence-corrected chi connectivity index (χ3v) is 2.50. The van der Waals surface area contributed by atoms with Crippen LogP contribution in [0.15, 0.2) is 28.7 Å². The molecule has 0 heterocycles. The molecule has 0 radical (unpaired) electrons. The molecule has 0 aliphatic carbocycles. The fourth-order valence-electron chi connectivity index (χ4n) is 1.28. The molecule has 0 amide bonds. The van der Waals surface area contributed by atoms with E-state index in [2.05, 4.69) is 26.2 Å². The first-order chi connectivity index (χ1) is 7.87. The van der Waals surface area contributed by atoms with E-state index < -0.39 is 12.8 Å². The first kappa shape index (κ1) is 14.5. The van der Waals surface area contributed by atoms with Crippen LogP contribution in [0.25, 0.3) is 0 Å². The zero-order valence-corrected chi connectivity index (χ0v) is 10.8. The van der Waals surface area contributed by atoms with Crippen LogP contribution in [-0.2, 0) is 11.3 Å². The lowest BCUT2D eigenvalue weighted by molar-refractivity contribution is -0.192. The average molecular weight is 312 g/mol. The van der Waals surface area contributed by atoms with Crippen LogP contribution < -0.4 is 5.48 Å². The summed E-state index contributed by atoms with van der Waals surface area (Å²) < 4.78 is 36.4. The van der Waals surface area contributed by atoms with E-state index >= 15 is 0 Å². The maximum absolute atomic E-state index is 11.8. The minimum absolute atomic E-state index is 0.182. The third kappa shape index (κ3) is 6.65. The maximum Gasteiger partial charge on any atom is 0.413 e. The van der Waals surface area contributed by atoms with Gasteiger partial charge in [-0.2, -0.15) is 18.7 Å². The van der Waals surface area contributed by atoms with Crippen LogP contribution in [0.4, 0.5) is 13.2 Å². The second-order valence-corrected chi connectivity index (χ2v) is 4.67. The van der Waals surface area contributed by atoms with E-state index in [0.717, 1.165) is 10.0 Å². The van der Waals surface area contributed by atoms with E-state index in [1.807, 2.05) is 24.3 Å².